The molecule has 1 aliphatic rings. The molecular weight excluding hydrogens is 324 g/mol. The van der Waals surface area contributed by atoms with Crippen LogP contribution in [-0.4, -0.2) is 36.3 Å². The maximum Gasteiger partial charge on any atom is 0.253 e. The van der Waals surface area contributed by atoms with Gasteiger partial charge in [0.2, 0.25) is 0 Å². The van der Waals surface area contributed by atoms with E-state index in [4.69, 9.17) is 0 Å². The number of nitrogens with one attached hydrogen (secondary N) is 1. The number of piperidine rings is 1. The van der Waals surface area contributed by atoms with Crippen LogP contribution in [0.1, 0.15) is 45.5 Å². The number of aryl methyl sites for hydroxylation is 1. The highest BCUT2D eigenvalue weighted by Crippen LogP contribution is 2.21. The Kier molecular flexibility index (Phi) is 6.05. The van der Waals surface area contributed by atoms with E-state index in [-0.39, 0.29) is 11.8 Å². The molecule has 1 heterocycles. The summed E-state index contributed by atoms with van der Waals surface area (Å²) in [6.07, 6.45) is 2.96. The van der Waals surface area contributed by atoms with Gasteiger partial charge in [-0.15, -0.1) is 0 Å². The molecule has 0 bridgehead atoms. The molecule has 26 heavy (non-hydrogen) atoms. The van der Waals surface area contributed by atoms with Crippen LogP contribution >= 0.6 is 0 Å². The van der Waals surface area contributed by atoms with E-state index in [1.54, 1.807) is 0 Å². The molecule has 0 unspecified atom stereocenters. The highest BCUT2D eigenvalue weighted by atomic mass is 16.2. The molecule has 1 saturated heterocycles. The minimum absolute atomic E-state index is 0.0161. The monoisotopic (exact) mass is 350 g/mol. The topological polar surface area (TPSA) is 49.4 Å². The van der Waals surface area contributed by atoms with E-state index < -0.39 is 0 Å². The maximum atomic E-state index is 12.5. The van der Waals surface area contributed by atoms with Gasteiger partial charge in [-0.3, -0.25) is 9.59 Å². The molecule has 2 amide bonds. The summed E-state index contributed by atoms with van der Waals surface area (Å²) in [5.41, 5.74) is 2.63. The van der Waals surface area contributed by atoms with Gasteiger partial charge in [0.15, 0.2) is 0 Å². The molecule has 2 aromatic carbocycles. The van der Waals surface area contributed by atoms with Crippen LogP contribution in [0.25, 0.3) is 0 Å². The van der Waals surface area contributed by atoms with Crippen LogP contribution in [0, 0.1) is 12.8 Å². The Hall–Kier alpha value is -2.62. The standard InChI is InChI=1S/C22H26N2O2/c1-17-7-9-20(10-8-17)22(26)24-15-12-18(13-16-24)11-14-23-21(25)19-5-3-2-4-6-19/h2-10,18H,11-16H2,1H3,(H,23,25). The first-order valence-corrected chi connectivity index (χ1v) is 9.32. The van der Waals surface area contributed by atoms with E-state index in [1.807, 2.05) is 66.4 Å². The Morgan fingerprint density at radius 3 is 2.27 bits per heavy atom. The first-order valence-electron chi connectivity index (χ1n) is 9.32. The van der Waals surface area contributed by atoms with Crippen LogP contribution in [0.2, 0.25) is 0 Å². The lowest BCUT2D eigenvalue weighted by Crippen LogP contribution is -2.39. The zero-order valence-corrected chi connectivity index (χ0v) is 15.3. The first-order chi connectivity index (χ1) is 12.6. The normalized spacial score (nSPS) is 14.9. The van der Waals surface area contributed by atoms with Gasteiger partial charge in [0.1, 0.15) is 0 Å². The zero-order chi connectivity index (χ0) is 18.4. The van der Waals surface area contributed by atoms with Crippen LogP contribution in [0.4, 0.5) is 0 Å². The van der Waals surface area contributed by atoms with Gasteiger partial charge in [0.25, 0.3) is 11.8 Å². The predicted octanol–water partition coefficient (Wildman–Crippen LogP) is 3.67. The van der Waals surface area contributed by atoms with Crippen LogP contribution in [-0.2, 0) is 0 Å². The molecular formula is C22H26N2O2. The largest absolute Gasteiger partial charge is 0.352 e. The summed E-state index contributed by atoms with van der Waals surface area (Å²) in [4.78, 5) is 26.5. The number of hydrogen-bond donors (Lipinski definition) is 1. The Bertz CT molecular complexity index is 732. The minimum Gasteiger partial charge on any atom is -0.352 e. The SMILES string of the molecule is Cc1ccc(C(=O)N2CCC(CCNC(=O)c3ccccc3)CC2)cc1. The highest BCUT2D eigenvalue weighted by Gasteiger charge is 2.23. The van der Waals surface area contributed by atoms with E-state index in [0.29, 0.717) is 18.0 Å². The van der Waals surface area contributed by atoms with Crippen molar-refractivity contribution in [1.29, 1.82) is 0 Å². The third-order valence-corrected chi connectivity index (χ3v) is 5.07. The van der Waals surface area contributed by atoms with Gasteiger partial charge < -0.3 is 10.2 Å². The molecule has 0 radical (unpaired) electrons. The van der Waals surface area contributed by atoms with Gasteiger partial charge >= 0.3 is 0 Å². The van der Waals surface area contributed by atoms with Crippen molar-refractivity contribution in [2.75, 3.05) is 19.6 Å². The number of benzene rings is 2. The van der Waals surface area contributed by atoms with Crippen molar-refractivity contribution in [3.05, 3.63) is 71.3 Å². The van der Waals surface area contributed by atoms with Crippen molar-refractivity contribution in [3.63, 3.8) is 0 Å². The number of carbonyl (C=O) groups is 2. The number of amides is 2. The molecule has 4 nitrogen and oxygen atoms in total. The summed E-state index contributed by atoms with van der Waals surface area (Å²) in [7, 11) is 0. The lowest BCUT2D eigenvalue weighted by molar-refractivity contribution is 0.0687. The second-order valence-electron chi connectivity index (χ2n) is 7.01. The maximum absolute atomic E-state index is 12.5. The van der Waals surface area contributed by atoms with E-state index in [1.165, 1.54) is 0 Å². The number of carbonyl (C=O) groups excluding carboxylic acids is 2. The van der Waals surface area contributed by atoms with Gasteiger partial charge in [-0.1, -0.05) is 35.9 Å². The van der Waals surface area contributed by atoms with Gasteiger partial charge in [0.05, 0.1) is 0 Å². The van der Waals surface area contributed by atoms with E-state index in [2.05, 4.69) is 5.32 Å². The second kappa shape index (κ2) is 8.65. The summed E-state index contributed by atoms with van der Waals surface area (Å²) in [5.74, 6) is 0.673. The fourth-order valence-electron chi connectivity index (χ4n) is 3.38. The molecule has 1 N–H and O–H groups in total. The fraction of sp³-hybridized carbons (Fsp3) is 0.364. The van der Waals surface area contributed by atoms with E-state index in [0.717, 1.165) is 43.5 Å². The van der Waals surface area contributed by atoms with Crippen LogP contribution in [0.15, 0.2) is 54.6 Å². The average molecular weight is 350 g/mol. The van der Waals surface area contributed by atoms with Crippen LogP contribution in [0.5, 0.6) is 0 Å². The van der Waals surface area contributed by atoms with Crippen LogP contribution < -0.4 is 5.32 Å². The molecule has 0 saturated carbocycles. The summed E-state index contributed by atoms with van der Waals surface area (Å²) in [6.45, 7) is 4.30. The lowest BCUT2D eigenvalue weighted by Gasteiger charge is -2.32. The van der Waals surface area contributed by atoms with Gasteiger partial charge in [-0.25, -0.2) is 0 Å². The smallest absolute Gasteiger partial charge is 0.253 e. The van der Waals surface area contributed by atoms with Crippen molar-refractivity contribution < 1.29 is 9.59 Å². The molecule has 4 heteroatoms. The number of likely N-dealkylation sites (tertiary alicyclic amines) is 1. The third-order valence-electron chi connectivity index (χ3n) is 5.07. The summed E-state index contributed by atoms with van der Waals surface area (Å²) in [6, 6.07) is 17.1. The number of rotatable bonds is 5. The predicted molar refractivity (Wildman–Crippen MR) is 103 cm³/mol. The van der Waals surface area contributed by atoms with Crippen LogP contribution in [0.3, 0.4) is 0 Å². The summed E-state index contributed by atoms with van der Waals surface area (Å²) < 4.78 is 0. The molecule has 1 aliphatic heterocycles. The third kappa shape index (κ3) is 4.72. The quantitative estimate of drug-likeness (QED) is 0.894. The van der Waals surface area contributed by atoms with Gasteiger partial charge in [-0.2, -0.15) is 0 Å². The summed E-state index contributed by atoms with van der Waals surface area (Å²) in [5, 5.41) is 2.99. The number of nitrogens with zero attached hydrogens (tertiary/aromatic N) is 1. The average Bonchev–Trinajstić information content (AvgIpc) is 2.69. The Balaban J connectivity index is 1.40. The fourth-order valence-corrected chi connectivity index (χ4v) is 3.38. The highest BCUT2D eigenvalue weighted by molar-refractivity contribution is 5.94. The molecule has 0 aromatic heterocycles. The zero-order valence-electron chi connectivity index (χ0n) is 15.3. The minimum atomic E-state index is -0.0161. The molecule has 0 atom stereocenters. The first kappa shape index (κ1) is 18.2. The molecule has 136 valence electrons. The van der Waals surface area contributed by atoms with E-state index >= 15 is 0 Å². The van der Waals surface area contributed by atoms with Crippen molar-refractivity contribution in [2.24, 2.45) is 5.92 Å². The second-order valence-corrected chi connectivity index (χ2v) is 7.01. The van der Waals surface area contributed by atoms with Crippen molar-refractivity contribution in [1.82, 2.24) is 10.2 Å². The summed E-state index contributed by atoms with van der Waals surface area (Å²) >= 11 is 0. The lowest BCUT2D eigenvalue weighted by atomic mass is 9.93. The molecule has 3 rings (SSSR count). The Labute approximate surface area is 155 Å². The van der Waals surface area contributed by atoms with Gasteiger partial charge in [-0.05, 0) is 56.4 Å². The Morgan fingerprint density at radius 2 is 1.62 bits per heavy atom. The van der Waals surface area contributed by atoms with Gasteiger partial charge in [0, 0.05) is 30.8 Å². The van der Waals surface area contributed by atoms with Crippen molar-refractivity contribution in [2.45, 2.75) is 26.2 Å². The molecule has 0 aliphatic carbocycles. The Morgan fingerprint density at radius 1 is 0.962 bits per heavy atom. The molecule has 1 fully saturated rings. The van der Waals surface area contributed by atoms with E-state index in [9.17, 15) is 9.59 Å². The molecule has 0 spiro atoms. The number of hydrogen-bond acceptors (Lipinski definition) is 2. The van der Waals surface area contributed by atoms with Crippen molar-refractivity contribution in [3.8, 4) is 0 Å². The molecule has 2 aromatic rings. The van der Waals surface area contributed by atoms with Crippen molar-refractivity contribution >= 4 is 11.8 Å².